The zero-order valence-corrected chi connectivity index (χ0v) is 11.7. The van der Waals surface area contributed by atoms with Crippen molar-refractivity contribution >= 4 is 5.91 Å². The lowest BCUT2D eigenvalue weighted by atomic mass is 10.1. The molecule has 0 atom stereocenters. The van der Waals surface area contributed by atoms with Crippen molar-refractivity contribution in [1.29, 1.82) is 0 Å². The summed E-state index contributed by atoms with van der Waals surface area (Å²) in [5.74, 6) is 0.772. The number of nitrogens with zero attached hydrogens (tertiary/aromatic N) is 1. The molecule has 0 aliphatic carbocycles. The SMILES string of the molecule is COc1ccc(CCNC(=O)c2ccnc(C)c2)cc1. The monoisotopic (exact) mass is 270 g/mol. The molecule has 0 saturated heterocycles. The van der Waals surface area contributed by atoms with Gasteiger partial charge in [-0.2, -0.15) is 0 Å². The molecule has 0 radical (unpaired) electrons. The molecule has 0 spiro atoms. The molecule has 0 aliphatic rings. The zero-order chi connectivity index (χ0) is 14.4. The van der Waals surface area contributed by atoms with Crippen LogP contribution < -0.4 is 10.1 Å². The normalized spacial score (nSPS) is 10.1. The van der Waals surface area contributed by atoms with Gasteiger partial charge < -0.3 is 10.1 Å². The van der Waals surface area contributed by atoms with Crippen LogP contribution in [0.2, 0.25) is 0 Å². The van der Waals surface area contributed by atoms with Gasteiger partial charge in [-0.25, -0.2) is 0 Å². The zero-order valence-electron chi connectivity index (χ0n) is 11.7. The van der Waals surface area contributed by atoms with Crippen LogP contribution in [0.1, 0.15) is 21.6 Å². The van der Waals surface area contributed by atoms with E-state index in [2.05, 4.69) is 10.3 Å². The van der Waals surface area contributed by atoms with Crippen molar-refractivity contribution in [2.24, 2.45) is 0 Å². The first-order chi connectivity index (χ1) is 9.69. The van der Waals surface area contributed by atoms with Crippen molar-refractivity contribution in [3.63, 3.8) is 0 Å². The predicted octanol–water partition coefficient (Wildman–Crippen LogP) is 2.37. The van der Waals surface area contributed by atoms with Crippen LogP contribution in [-0.2, 0) is 6.42 Å². The maximum Gasteiger partial charge on any atom is 0.251 e. The smallest absolute Gasteiger partial charge is 0.251 e. The molecule has 0 aliphatic heterocycles. The predicted molar refractivity (Wildman–Crippen MR) is 78.0 cm³/mol. The van der Waals surface area contributed by atoms with Gasteiger partial charge in [0.05, 0.1) is 7.11 Å². The van der Waals surface area contributed by atoms with Crippen molar-refractivity contribution in [3.8, 4) is 5.75 Å². The highest BCUT2D eigenvalue weighted by Gasteiger charge is 2.05. The lowest BCUT2D eigenvalue weighted by Crippen LogP contribution is -2.25. The molecule has 1 amide bonds. The average Bonchev–Trinajstić information content (AvgIpc) is 2.48. The number of amides is 1. The number of pyridine rings is 1. The van der Waals surface area contributed by atoms with E-state index in [4.69, 9.17) is 4.74 Å². The second-order valence-corrected chi connectivity index (χ2v) is 4.54. The molecule has 2 rings (SSSR count). The van der Waals surface area contributed by atoms with E-state index in [9.17, 15) is 4.79 Å². The number of ether oxygens (including phenoxy) is 1. The Morgan fingerprint density at radius 3 is 2.65 bits per heavy atom. The fourth-order valence-electron chi connectivity index (χ4n) is 1.90. The minimum Gasteiger partial charge on any atom is -0.497 e. The second-order valence-electron chi connectivity index (χ2n) is 4.54. The Bertz CT molecular complexity index is 579. The first kappa shape index (κ1) is 14.1. The number of benzene rings is 1. The molecule has 20 heavy (non-hydrogen) atoms. The van der Waals surface area contributed by atoms with E-state index in [1.54, 1.807) is 25.4 Å². The number of carbonyl (C=O) groups excluding carboxylic acids is 1. The fraction of sp³-hybridized carbons (Fsp3) is 0.250. The number of hydrogen-bond donors (Lipinski definition) is 1. The Morgan fingerprint density at radius 1 is 1.25 bits per heavy atom. The summed E-state index contributed by atoms with van der Waals surface area (Å²) in [7, 11) is 1.64. The number of aryl methyl sites for hydroxylation is 1. The number of rotatable bonds is 5. The molecule has 104 valence electrons. The minimum atomic E-state index is -0.0657. The molecular weight excluding hydrogens is 252 g/mol. The summed E-state index contributed by atoms with van der Waals surface area (Å²) in [6.07, 6.45) is 2.44. The van der Waals surface area contributed by atoms with Crippen molar-refractivity contribution in [2.75, 3.05) is 13.7 Å². The first-order valence-corrected chi connectivity index (χ1v) is 6.53. The van der Waals surface area contributed by atoms with Crippen molar-refractivity contribution in [1.82, 2.24) is 10.3 Å². The molecule has 1 heterocycles. The van der Waals surface area contributed by atoms with Crippen LogP contribution in [-0.4, -0.2) is 24.5 Å². The van der Waals surface area contributed by atoms with Gasteiger partial charge in [-0.3, -0.25) is 9.78 Å². The average molecular weight is 270 g/mol. The molecule has 1 aromatic carbocycles. The Labute approximate surface area is 118 Å². The Balaban J connectivity index is 1.84. The highest BCUT2D eigenvalue weighted by molar-refractivity contribution is 5.94. The maximum absolute atomic E-state index is 11.9. The molecule has 1 aromatic heterocycles. The fourth-order valence-corrected chi connectivity index (χ4v) is 1.90. The van der Waals surface area contributed by atoms with E-state index in [1.165, 1.54) is 0 Å². The third-order valence-corrected chi connectivity index (χ3v) is 3.02. The van der Waals surface area contributed by atoms with Gasteiger partial charge >= 0.3 is 0 Å². The van der Waals surface area contributed by atoms with Crippen LogP contribution in [0.15, 0.2) is 42.6 Å². The summed E-state index contributed by atoms with van der Waals surface area (Å²) in [4.78, 5) is 16.0. The van der Waals surface area contributed by atoms with E-state index in [0.717, 1.165) is 23.4 Å². The van der Waals surface area contributed by atoms with Gasteiger partial charge in [-0.15, -0.1) is 0 Å². The van der Waals surface area contributed by atoms with Gasteiger partial charge in [-0.05, 0) is 43.2 Å². The minimum absolute atomic E-state index is 0.0657. The molecule has 0 fully saturated rings. The molecule has 0 saturated carbocycles. The number of aromatic nitrogens is 1. The number of nitrogens with one attached hydrogen (secondary N) is 1. The molecule has 0 bridgehead atoms. The first-order valence-electron chi connectivity index (χ1n) is 6.53. The Hall–Kier alpha value is -2.36. The van der Waals surface area contributed by atoms with Crippen molar-refractivity contribution in [2.45, 2.75) is 13.3 Å². The quantitative estimate of drug-likeness (QED) is 0.907. The number of carbonyl (C=O) groups is 1. The van der Waals surface area contributed by atoms with Gasteiger partial charge in [-0.1, -0.05) is 12.1 Å². The van der Waals surface area contributed by atoms with Crippen molar-refractivity contribution in [3.05, 3.63) is 59.4 Å². The van der Waals surface area contributed by atoms with Gasteiger partial charge in [0.15, 0.2) is 0 Å². The molecule has 4 heteroatoms. The van der Waals surface area contributed by atoms with Gasteiger partial charge in [0.2, 0.25) is 0 Å². The number of methoxy groups -OCH3 is 1. The summed E-state index contributed by atoms with van der Waals surface area (Å²) >= 11 is 0. The van der Waals surface area contributed by atoms with Crippen LogP contribution >= 0.6 is 0 Å². The van der Waals surface area contributed by atoms with Crippen molar-refractivity contribution < 1.29 is 9.53 Å². The molecular formula is C16H18N2O2. The topological polar surface area (TPSA) is 51.2 Å². The van der Waals surface area contributed by atoms with E-state index in [-0.39, 0.29) is 5.91 Å². The number of hydrogen-bond acceptors (Lipinski definition) is 3. The Kier molecular flexibility index (Phi) is 4.71. The third-order valence-electron chi connectivity index (χ3n) is 3.02. The molecule has 0 unspecified atom stereocenters. The van der Waals surface area contributed by atoms with Crippen LogP contribution in [0.4, 0.5) is 0 Å². The van der Waals surface area contributed by atoms with Crippen LogP contribution in [0, 0.1) is 6.92 Å². The van der Waals surface area contributed by atoms with E-state index in [1.807, 2.05) is 31.2 Å². The lowest BCUT2D eigenvalue weighted by Gasteiger charge is -2.06. The van der Waals surface area contributed by atoms with Gasteiger partial charge in [0.25, 0.3) is 5.91 Å². The lowest BCUT2D eigenvalue weighted by molar-refractivity contribution is 0.0954. The summed E-state index contributed by atoms with van der Waals surface area (Å²) < 4.78 is 5.11. The van der Waals surface area contributed by atoms with Crippen LogP contribution in [0.3, 0.4) is 0 Å². The highest BCUT2D eigenvalue weighted by atomic mass is 16.5. The van der Waals surface area contributed by atoms with Gasteiger partial charge in [0, 0.05) is 24.0 Å². The summed E-state index contributed by atoms with van der Waals surface area (Å²) in [6.45, 7) is 2.47. The van der Waals surface area contributed by atoms with E-state index in [0.29, 0.717) is 12.1 Å². The molecule has 4 nitrogen and oxygen atoms in total. The largest absolute Gasteiger partial charge is 0.497 e. The molecule has 2 aromatic rings. The van der Waals surface area contributed by atoms with Gasteiger partial charge in [0.1, 0.15) is 5.75 Å². The summed E-state index contributed by atoms with van der Waals surface area (Å²) in [6, 6.07) is 11.3. The highest BCUT2D eigenvalue weighted by Crippen LogP contribution is 2.11. The summed E-state index contributed by atoms with van der Waals surface area (Å²) in [5.41, 5.74) is 2.65. The standard InChI is InChI=1S/C16H18N2O2/c1-12-11-14(8-10-17-12)16(19)18-9-7-13-3-5-15(20-2)6-4-13/h3-6,8,10-11H,7,9H2,1-2H3,(H,18,19). The van der Waals surface area contributed by atoms with Crippen LogP contribution in [0.25, 0.3) is 0 Å². The Morgan fingerprint density at radius 2 is 2.00 bits per heavy atom. The second kappa shape index (κ2) is 6.70. The van der Waals surface area contributed by atoms with E-state index < -0.39 is 0 Å². The third kappa shape index (κ3) is 3.82. The summed E-state index contributed by atoms with van der Waals surface area (Å²) in [5, 5.41) is 2.91. The maximum atomic E-state index is 11.9. The molecule has 1 N–H and O–H groups in total. The van der Waals surface area contributed by atoms with Crippen LogP contribution in [0.5, 0.6) is 5.75 Å². The van der Waals surface area contributed by atoms with E-state index >= 15 is 0 Å².